The summed E-state index contributed by atoms with van der Waals surface area (Å²) in [4.78, 5) is 7.56. The molecule has 0 aliphatic carbocycles. The summed E-state index contributed by atoms with van der Waals surface area (Å²) in [5, 5.41) is 3.09. The van der Waals surface area contributed by atoms with Crippen molar-refractivity contribution in [3.63, 3.8) is 0 Å². The zero-order valence-electron chi connectivity index (χ0n) is 10.6. The SMILES string of the molecule is FC(F)(F)c1ccc(Nc2c[nH]c3cc[c]([Pb])nc23)cc1. The zero-order valence-corrected chi connectivity index (χ0v) is 14.5. The molecule has 0 amide bonds. The van der Waals surface area contributed by atoms with Crippen LogP contribution in [0.3, 0.4) is 0 Å². The van der Waals surface area contributed by atoms with Gasteiger partial charge in [0.15, 0.2) is 0 Å². The Morgan fingerprint density at radius 1 is 1.05 bits per heavy atom. The summed E-state index contributed by atoms with van der Waals surface area (Å²) in [5.74, 6) is 0. The van der Waals surface area contributed by atoms with Crippen molar-refractivity contribution in [2.75, 3.05) is 5.32 Å². The number of aromatic amines is 1. The van der Waals surface area contributed by atoms with Crippen LogP contribution in [-0.4, -0.2) is 35.7 Å². The van der Waals surface area contributed by atoms with Gasteiger partial charge in [-0.05, 0) is 0 Å². The summed E-state index contributed by atoms with van der Waals surface area (Å²) >= 11 is 0.841. The molecular weight excluding hydrogens is 474 g/mol. The summed E-state index contributed by atoms with van der Waals surface area (Å²) in [6.45, 7) is 0. The Balaban J connectivity index is 1.90. The van der Waals surface area contributed by atoms with Crippen LogP contribution in [0.5, 0.6) is 0 Å². The zero-order chi connectivity index (χ0) is 15.0. The van der Waals surface area contributed by atoms with E-state index in [2.05, 4.69) is 15.3 Å². The molecule has 105 valence electrons. The predicted octanol–water partition coefficient (Wildman–Crippen LogP) is 3.12. The van der Waals surface area contributed by atoms with Crippen molar-refractivity contribution in [2.45, 2.75) is 6.18 Å². The second-order valence-electron chi connectivity index (χ2n) is 4.50. The second kappa shape index (κ2) is 5.32. The summed E-state index contributed by atoms with van der Waals surface area (Å²) in [6.07, 6.45) is -2.56. The van der Waals surface area contributed by atoms with Crippen LogP contribution in [0.15, 0.2) is 42.6 Å². The third kappa shape index (κ3) is 3.04. The van der Waals surface area contributed by atoms with Crippen molar-refractivity contribution < 1.29 is 13.2 Å². The Hall–Kier alpha value is -1.58. The number of hydrogen-bond donors (Lipinski definition) is 2. The number of nitrogens with zero attached hydrogens (tertiary/aromatic N) is 1. The predicted molar refractivity (Wildman–Crippen MR) is 76.2 cm³/mol. The molecule has 0 fully saturated rings. The molecule has 3 aromatic rings. The van der Waals surface area contributed by atoms with Gasteiger partial charge in [-0.25, -0.2) is 0 Å². The number of fused-ring (bicyclic) bond motifs is 1. The first-order valence-electron chi connectivity index (χ1n) is 6.07. The van der Waals surface area contributed by atoms with Gasteiger partial charge in [0, 0.05) is 0 Å². The fourth-order valence-corrected chi connectivity index (χ4v) is 2.75. The molecule has 3 nitrogen and oxygen atoms in total. The van der Waals surface area contributed by atoms with Gasteiger partial charge >= 0.3 is 134 Å². The average molecular weight is 483 g/mol. The number of aromatic nitrogens is 2. The van der Waals surface area contributed by atoms with E-state index in [9.17, 15) is 13.2 Å². The van der Waals surface area contributed by atoms with Crippen LogP contribution >= 0.6 is 0 Å². The fraction of sp³-hybridized carbons (Fsp3) is 0.0714. The number of pyridine rings is 1. The minimum absolute atomic E-state index is 0.587. The number of alkyl halides is 3. The van der Waals surface area contributed by atoms with E-state index in [1.807, 2.05) is 12.1 Å². The Morgan fingerprint density at radius 3 is 2.43 bits per heavy atom. The van der Waals surface area contributed by atoms with Crippen molar-refractivity contribution in [2.24, 2.45) is 0 Å². The number of anilines is 2. The molecule has 0 unspecified atom stereocenters. The molecule has 2 heterocycles. The van der Waals surface area contributed by atoms with Gasteiger partial charge in [0.05, 0.1) is 0 Å². The standard InChI is InChI=1S/C14H9F3N3.Pb/c15-14(16,17)9-3-5-10(6-4-9)20-12-8-19-11-2-1-7-18-13(11)12;/h1-6,8,19-20H;. The van der Waals surface area contributed by atoms with E-state index in [1.165, 1.54) is 12.1 Å². The molecule has 0 aliphatic rings. The van der Waals surface area contributed by atoms with Crippen molar-refractivity contribution in [3.8, 4) is 0 Å². The van der Waals surface area contributed by atoms with Crippen molar-refractivity contribution >= 4 is 51.4 Å². The van der Waals surface area contributed by atoms with Gasteiger partial charge in [0.1, 0.15) is 0 Å². The van der Waals surface area contributed by atoms with E-state index in [-0.39, 0.29) is 0 Å². The quantitative estimate of drug-likeness (QED) is 0.550. The Morgan fingerprint density at radius 2 is 1.76 bits per heavy atom. The van der Waals surface area contributed by atoms with Crippen LogP contribution in [0.25, 0.3) is 11.0 Å². The molecule has 3 rings (SSSR count). The van der Waals surface area contributed by atoms with Gasteiger partial charge in [-0.15, -0.1) is 0 Å². The van der Waals surface area contributed by atoms with Gasteiger partial charge in [-0.2, -0.15) is 0 Å². The molecule has 1 aromatic carbocycles. The van der Waals surface area contributed by atoms with Crippen molar-refractivity contribution in [1.82, 2.24) is 9.97 Å². The van der Waals surface area contributed by atoms with Crippen LogP contribution in [0.4, 0.5) is 24.5 Å². The summed E-state index contributed by atoms with van der Waals surface area (Å²) in [5.41, 5.74) is 2.37. The van der Waals surface area contributed by atoms with Crippen molar-refractivity contribution in [1.29, 1.82) is 0 Å². The van der Waals surface area contributed by atoms with Crippen LogP contribution in [0.2, 0.25) is 0 Å². The van der Waals surface area contributed by atoms with E-state index in [1.54, 1.807) is 6.20 Å². The topological polar surface area (TPSA) is 40.7 Å². The first kappa shape index (κ1) is 14.4. The van der Waals surface area contributed by atoms with E-state index in [4.69, 9.17) is 0 Å². The molecule has 0 spiro atoms. The summed E-state index contributed by atoms with van der Waals surface area (Å²) in [6, 6.07) is 8.83. The van der Waals surface area contributed by atoms with Crippen LogP contribution in [0.1, 0.15) is 5.56 Å². The van der Waals surface area contributed by atoms with Gasteiger partial charge in [-0.1, -0.05) is 0 Å². The van der Waals surface area contributed by atoms with E-state index in [0.717, 1.165) is 57.9 Å². The summed E-state index contributed by atoms with van der Waals surface area (Å²) in [7, 11) is 0. The van der Waals surface area contributed by atoms with Gasteiger partial charge in [0.2, 0.25) is 0 Å². The Kier molecular flexibility index (Phi) is 3.64. The number of rotatable bonds is 2. The maximum atomic E-state index is 12.5. The molecule has 21 heavy (non-hydrogen) atoms. The Labute approximate surface area is 134 Å². The van der Waals surface area contributed by atoms with E-state index < -0.39 is 11.7 Å². The molecule has 0 saturated heterocycles. The van der Waals surface area contributed by atoms with Gasteiger partial charge in [-0.3, -0.25) is 0 Å². The molecule has 7 heteroatoms. The molecule has 0 atom stereocenters. The molecule has 2 N–H and O–H groups in total. The van der Waals surface area contributed by atoms with Gasteiger partial charge in [0.25, 0.3) is 0 Å². The number of hydrogen-bond acceptors (Lipinski definition) is 2. The van der Waals surface area contributed by atoms with E-state index in [0.29, 0.717) is 5.69 Å². The number of H-pyrrole nitrogens is 1. The number of halogens is 3. The van der Waals surface area contributed by atoms with Crippen LogP contribution in [0, 0.1) is 0 Å². The van der Waals surface area contributed by atoms with E-state index >= 15 is 0 Å². The molecule has 2 aromatic heterocycles. The molecular formula is C14H9F3N3Pb. The normalized spacial score (nSPS) is 11.8. The first-order valence-corrected chi connectivity index (χ1v) is 8.02. The summed E-state index contributed by atoms with van der Waals surface area (Å²) < 4.78 is 38.6. The Bertz CT molecular complexity index is 778. The maximum absolute atomic E-state index is 12.5. The minimum atomic E-state index is -4.32. The van der Waals surface area contributed by atoms with Crippen molar-refractivity contribution in [3.05, 3.63) is 48.2 Å². The first-order chi connectivity index (χ1) is 9.93. The molecule has 0 saturated carbocycles. The third-order valence-electron chi connectivity index (χ3n) is 3.01. The number of benzene rings is 1. The van der Waals surface area contributed by atoms with Crippen LogP contribution < -0.4 is 8.57 Å². The molecule has 3 radical (unpaired) electrons. The third-order valence-corrected chi connectivity index (χ3v) is 4.10. The second-order valence-corrected chi connectivity index (χ2v) is 6.49. The monoisotopic (exact) mass is 484 g/mol. The number of nitrogens with one attached hydrogen (secondary N) is 2. The van der Waals surface area contributed by atoms with Gasteiger partial charge < -0.3 is 0 Å². The molecule has 0 bridgehead atoms. The fourth-order valence-electron chi connectivity index (χ4n) is 1.99. The van der Waals surface area contributed by atoms with Crippen LogP contribution in [-0.2, 0) is 6.18 Å². The molecule has 0 aliphatic heterocycles. The average Bonchev–Trinajstić information content (AvgIpc) is 2.81.